The number of nitrogens with zero attached hydrogens (tertiary/aromatic N) is 1. The van der Waals surface area contributed by atoms with E-state index in [1.165, 1.54) is 4.90 Å². The first-order valence-electron chi connectivity index (χ1n) is 5.85. The van der Waals surface area contributed by atoms with Crippen molar-refractivity contribution in [1.82, 2.24) is 5.32 Å². The van der Waals surface area contributed by atoms with Gasteiger partial charge in [-0.05, 0) is 25.0 Å². The Hall–Kier alpha value is -1.88. The molecule has 5 heteroatoms. The minimum absolute atomic E-state index is 0.0142. The molecule has 0 fully saturated rings. The van der Waals surface area contributed by atoms with Gasteiger partial charge in [-0.2, -0.15) is 0 Å². The fourth-order valence-electron chi connectivity index (χ4n) is 2.35. The highest BCUT2D eigenvalue weighted by Crippen LogP contribution is 2.39. The molecule has 1 heterocycles. The Balaban J connectivity index is 2.51. The van der Waals surface area contributed by atoms with Crippen molar-refractivity contribution < 1.29 is 9.59 Å². The van der Waals surface area contributed by atoms with Crippen LogP contribution in [0.1, 0.15) is 22.7 Å². The Bertz CT molecular complexity index is 525. The van der Waals surface area contributed by atoms with Crippen LogP contribution in [0.4, 0.5) is 5.69 Å². The van der Waals surface area contributed by atoms with Crippen LogP contribution in [0.25, 0.3) is 0 Å². The van der Waals surface area contributed by atoms with E-state index in [9.17, 15) is 9.59 Å². The van der Waals surface area contributed by atoms with Gasteiger partial charge in [0, 0.05) is 12.6 Å². The van der Waals surface area contributed by atoms with E-state index in [1.54, 1.807) is 7.05 Å². The lowest BCUT2D eigenvalue weighted by molar-refractivity contribution is -0.123. The van der Waals surface area contributed by atoms with Gasteiger partial charge >= 0.3 is 0 Å². The minimum Gasteiger partial charge on any atom is -0.358 e. The van der Waals surface area contributed by atoms with Crippen LogP contribution < -0.4 is 16.0 Å². The molecule has 0 spiro atoms. The first-order valence-corrected chi connectivity index (χ1v) is 5.85. The molecule has 5 nitrogen and oxygen atoms in total. The lowest BCUT2D eigenvalue weighted by atomic mass is 10.00. The van der Waals surface area contributed by atoms with Crippen LogP contribution in [0.2, 0.25) is 0 Å². The Morgan fingerprint density at radius 3 is 2.61 bits per heavy atom. The van der Waals surface area contributed by atoms with Gasteiger partial charge in [0.25, 0.3) is 0 Å². The number of aryl methyl sites for hydroxylation is 2. The van der Waals surface area contributed by atoms with Crippen molar-refractivity contribution >= 4 is 17.5 Å². The van der Waals surface area contributed by atoms with Gasteiger partial charge in [0.05, 0.1) is 5.69 Å². The number of benzene rings is 1. The molecule has 1 atom stereocenters. The highest BCUT2D eigenvalue weighted by Gasteiger charge is 2.37. The molecule has 1 aliphatic rings. The van der Waals surface area contributed by atoms with E-state index in [-0.39, 0.29) is 18.4 Å². The van der Waals surface area contributed by atoms with E-state index >= 15 is 0 Å². The van der Waals surface area contributed by atoms with Crippen molar-refractivity contribution in [3.8, 4) is 0 Å². The second kappa shape index (κ2) is 4.42. The van der Waals surface area contributed by atoms with Crippen molar-refractivity contribution in [2.75, 3.05) is 18.5 Å². The first kappa shape index (κ1) is 12.6. The Kier molecular flexibility index (Phi) is 3.09. The van der Waals surface area contributed by atoms with Crippen molar-refractivity contribution in [2.24, 2.45) is 5.73 Å². The zero-order valence-corrected chi connectivity index (χ0v) is 10.8. The molecule has 0 bridgehead atoms. The fraction of sp³-hybridized carbons (Fsp3) is 0.385. The molecular formula is C13H17N3O2. The summed E-state index contributed by atoms with van der Waals surface area (Å²) in [6.45, 7) is 3.86. The molecule has 0 saturated heterocycles. The summed E-state index contributed by atoms with van der Waals surface area (Å²) in [6, 6.07) is 3.23. The van der Waals surface area contributed by atoms with E-state index in [0.717, 1.165) is 22.4 Å². The van der Waals surface area contributed by atoms with Crippen LogP contribution >= 0.6 is 0 Å². The van der Waals surface area contributed by atoms with Crippen LogP contribution in [0.15, 0.2) is 12.1 Å². The standard InChI is InChI=1S/C13H17N3O2/c1-7-4-5-8(2)12-10(7)11(14)13(18)16(12)6-9(17)15-3/h4-5,11H,6,14H2,1-3H3,(H,15,17). The van der Waals surface area contributed by atoms with E-state index in [2.05, 4.69) is 5.32 Å². The summed E-state index contributed by atoms with van der Waals surface area (Å²) in [6.07, 6.45) is 0. The van der Waals surface area contributed by atoms with Gasteiger partial charge in [-0.15, -0.1) is 0 Å². The van der Waals surface area contributed by atoms with E-state index in [0.29, 0.717) is 0 Å². The van der Waals surface area contributed by atoms with Crippen molar-refractivity contribution in [3.63, 3.8) is 0 Å². The molecule has 2 amide bonds. The largest absolute Gasteiger partial charge is 0.358 e. The Morgan fingerprint density at radius 1 is 1.39 bits per heavy atom. The topological polar surface area (TPSA) is 75.4 Å². The third kappa shape index (κ3) is 1.76. The van der Waals surface area contributed by atoms with Crippen molar-refractivity contribution in [3.05, 3.63) is 28.8 Å². The molecule has 0 aliphatic carbocycles. The molecule has 1 aromatic rings. The van der Waals surface area contributed by atoms with Gasteiger partial charge in [-0.25, -0.2) is 0 Å². The SMILES string of the molecule is CNC(=O)CN1C(=O)C(N)c2c(C)ccc(C)c21. The van der Waals surface area contributed by atoms with E-state index in [1.807, 2.05) is 26.0 Å². The zero-order valence-electron chi connectivity index (χ0n) is 10.8. The number of rotatable bonds is 2. The maximum Gasteiger partial charge on any atom is 0.249 e. The smallest absolute Gasteiger partial charge is 0.249 e. The van der Waals surface area contributed by atoms with Crippen LogP contribution in [0.5, 0.6) is 0 Å². The minimum atomic E-state index is -0.662. The summed E-state index contributed by atoms with van der Waals surface area (Å²) in [5, 5.41) is 2.52. The fourth-order valence-corrected chi connectivity index (χ4v) is 2.35. The maximum atomic E-state index is 12.1. The van der Waals surface area contributed by atoms with Gasteiger partial charge in [0.2, 0.25) is 11.8 Å². The molecule has 1 aromatic carbocycles. The predicted octanol–water partition coefficient (Wildman–Crippen LogP) is 0.396. The predicted molar refractivity (Wildman–Crippen MR) is 69.3 cm³/mol. The normalized spacial score (nSPS) is 17.9. The summed E-state index contributed by atoms with van der Waals surface area (Å²) in [4.78, 5) is 25.1. The van der Waals surface area contributed by atoms with Gasteiger partial charge in [-0.1, -0.05) is 12.1 Å². The molecule has 0 saturated carbocycles. The van der Waals surface area contributed by atoms with E-state index < -0.39 is 6.04 Å². The summed E-state index contributed by atoms with van der Waals surface area (Å²) < 4.78 is 0. The van der Waals surface area contributed by atoms with Gasteiger partial charge in [-0.3, -0.25) is 9.59 Å². The second-order valence-electron chi connectivity index (χ2n) is 4.54. The number of anilines is 1. The lowest BCUT2D eigenvalue weighted by Gasteiger charge is -2.18. The Morgan fingerprint density at radius 2 is 2.00 bits per heavy atom. The maximum absolute atomic E-state index is 12.1. The monoisotopic (exact) mass is 247 g/mol. The second-order valence-corrected chi connectivity index (χ2v) is 4.54. The number of nitrogens with two attached hydrogens (primary N) is 1. The summed E-state index contributed by atoms with van der Waals surface area (Å²) in [7, 11) is 1.55. The summed E-state index contributed by atoms with van der Waals surface area (Å²) in [5.41, 5.74) is 9.51. The number of carbonyl (C=O) groups excluding carboxylic acids is 2. The highest BCUT2D eigenvalue weighted by atomic mass is 16.2. The van der Waals surface area contributed by atoms with Crippen LogP contribution in [-0.2, 0) is 9.59 Å². The van der Waals surface area contributed by atoms with Crippen molar-refractivity contribution in [2.45, 2.75) is 19.9 Å². The van der Waals surface area contributed by atoms with Gasteiger partial charge in [0.15, 0.2) is 0 Å². The quantitative estimate of drug-likeness (QED) is 0.794. The van der Waals surface area contributed by atoms with Crippen molar-refractivity contribution in [1.29, 1.82) is 0 Å². The molecule has 18 heavy (non-hydrogen) atoms. The molecular weight excluding hydrogens is 230 g/mol. The van der Waals surface area contributed by atoms with Crippen LogP contribution in [-0.4, -0.2) is 25.4 Å². The number of fused-ring (bicyclic) bond motifs is 1. The molecule has 96 valence electrons. The molecule has 1 unspecified atom stereocenters. The van der Waals surface area contributed by atoms with E-state index in [4.69, 9.17) is 5.73 Å². The van der Waals surface area contributed by atoms with Gasteiger partial charge < -0.3 is 16.0 Å². The number of likely N-dealkylation sites (N-methyl/N-ethyl adjacent to an activating group) is 1. The molecule has 0 aromatic heterocycles. The Labute approximate surface area is 106 Å². The number of amides is 2. The molecule has 0 radical (unpaired) electrons. The average molecular weight is 247 g/mol. The number of nitrogens with one attached hydrogen (secondary N) is 1. The third-order valence-electron chi connectivity index (χ3n) is 3.33. The number of hydrogen-bond acceptors (Lipinski definition) is 3. The lowest BCUT2D eigenvalue weighted by Crippen LogP contribution is -2.39. The first-order chi connectivity index (χ1) is 8.47. The van der Waals surface area contributed by atoms with Gasteiger partial charge in [0.1, 0.15) is 12.6 Å². The molecule has 2 rings (SSSR count). The summed E-state index contributed by atoms with van der Waals surface area (Å²) >= 11 is 0. The van der Waals surface area contributed by atoms with Crippen LogP contribution in [0.3, 0.4) is 0 Å². The average Bonchev–Trinajstić information content (AvgIpc) is 2.60. The highest BCUT2D eigenvalue weighted by molar-refractivity contribution is 6.08. The molecule has 1 aliphatic heterocycles. The van der Waals surface area contributed by atoms with Crippen LogP contribution in [0, 0.1) is 13.8 Å². The third-order valence-corrected chi connectivity index (χ3v) is 3.33. The zero-order chi connectivity index (χ0) is 13.4. The summed E-state index contributed by atoms with van der Waals surface area (Å²) in [5.74, 6) is -0.421. The number of hydrogen-bond donors (Lipinski definition) is 2. The number of carbonyl (C=O) groups is 2. The molecule has 3 N–H and O–H groups in total.